The second kappa shape index (κ2) is 5.86. The summed E-state index contributed by atoms with van der Waals surface area (Å²) in [6.07, 6.45) is -14.4. The molecule has 1 N–H and O–H groups in total. The Hall–Kier alpha value is -2.79. The number of alkyl halides is 9. The summed E-state index contributed by atoms with van der Waals surface area (Å²) in [5.41, 5.74) is -5.90. The zero-order valence-electron chi connectivity index (χ0n) is 12.7. The molecule has 0 radical (unpaired) electrons. The van der Waals surface area contributed by atoms with E-state index >= 15 is 0 Å². The van der Waals surface area contributed by atoms with E-state index in [1.165, 1.54) is 0 Å². The van der Waals surface area contributed by atoms with E-state index < -0.39 is 52.1 Å². The highest BCUT2D eigenvalue weighted by Gasteiger charge is 2.39. The Morgan fingerprint density at radius 1 is 0.741 bits per heavy atom. The molecule has 3 aromatic rings. The number of hydrogen-bond acceptors (Lipinski definition) is 2. The van der Waals surface area contributed by atoms with Crippen LogP contribution in [-0.2, 0) is 18.5 Å². The third-order valence-corrected chi connectivity index (χ3v) is 3.55. The first-order chi connectivity index (χ1) is 12.3. The lowest BCUT2D eigenvalue weighted by Crippen LogP contribution is -2.11. The van der Waals surface area contributed by atoms with Gasteiger partial charge in [0.1, 0.15) is 11.2 Å². The summed E-state index contributed by atoms with van der Waals surface area (Å²) in [7, 11) is 0. The minimum Gasteiger partial charge on any atom is -0.337 e. The fourth-order valence-corrected chi connectivity index (χ4v) is 2.32. The summed E-state index contributed by atoms with van der Waals surface area (Å²) in [6.45, 7) is 0. The fourth-order valence-electron chi connectivity index (χ4n) is 2.32. The van der Waals surface area contributed by atoms with Crippen molar-refractivity contribution < 1.29 is 39.5 Å². The lowest BCUT2D eigenvalue weighted by molar-refractivity contribution is -0.142. The van der Waals surface area contributed by atoms with Crippen molar-refractivity contribution in [1.29, 1.82) is 0 Å². The number of hydrogen-bond donors (Lipinski definition) is 1. The monoisotopic (exact) mass is 399 g/mol. The molecule has 12 heteroatoms. The average Bonchev–Trinajstić information content (AvgIpc) is 2.95. The number of imidazole rings is 1. The van der Waals surface area contributed by atoms with E-state index in [-0.39, 0.29) is 11.8 Å². The predicted molar refractivity (Wildman–Crippen MR) is 74.3 cm³/mol. The molecule has 0 unspecified atom stereocenters. The average molecular weight is 399 g/mol. The Morgan fingerprint density at radius 2 is 1.37 bits per heavy atom. The Balaban J connectivity index is 2.17. The van der Waals surface area contributed by atoms with Crippen LogP contribution in [0.2, 0.25) is 0 Å². The SMILES string of the molecule is FC(F)(F)c1ccc(-c2nc3c(C(F)(F)F)cc(C(F)(F)F)cc3[nH]2)nc1. The molecule has 0 spiro atoms. The van der Waals surface area contributed by atoms with Gasteiger partial charge in [0.15, 0.2) is 5.82 Å². The Morgan fingerprint density at radius 3 is 1.85 bits per heavy atom. The molecule has 0 aliphatic carbocycles. The summed E-state index contributed by atoms with van der Waals surface area (Å²) in [5.74, 6) is -0.399. The van der Waals surface area contributed by atoms with Crippen molar-refractivity contribution >= 4 is 11.0 Å². The van der Waals surface area contributed by atoms with Crippen LogP contribution in [0.15, 0.2) is 30.5 Å². The number of rotatable bonds is 1. The third-order valence-electron chi connectivity index (χ3n) is 3.55. The first-order valence-electron chi connectivity index (χ1n) is 6.98. The van der Waals surface area contributed by atoms with Gasteiger partial charge in [-0.2, -0.15) is 39.5 Å². The number of nitrogens with one attached hydrogen (secondary N) is 1. The van der Waals surface area contributed by atoms with Crippen LogP contribution in [0.3, 0.4) is 0 Å². The van der Waals surface area contributed by atoms with E-state index in [9.17, 15) is 39.5 Å². The zero-order chi connectivity index (χ0) is 20.2. The third kappa shape index (κ3) is 3.69. The summed E-state index contributed by atoms with van der Waals surface area (Å²) in [6, 6.07) is 1.83. The van der Waals surface area contributed by atoms with Gasteiger partial charge in [-0.1, -0.05) is 0 Å². The molecular weight excluding hydrogens is 393 g/mol. The molecule has 0 fully saturated rings. The number of nitrogens with zero attached hydrogens (tertiary/aromatic N) is 2. The molecule has 0 amide bonds. The van der Waals surface area contributed by atoms with Crippen LogP contribution in [0.5, 0.6) is 0 Å². The van der Waals surface area contributed by atoms with Crippen molar-refractivity contribution in [2.24, 2.45) is 0 Å². The van der Waals surface area contributed by atoms with Crippen molar-refractivity contribution in [2.45, 2.75) is 18.5 Å². The number of fused-ring (bicyclic) bond motifs is 1. The van der Waals surface area contributed by atoms with Crippen molar-refractivity contribution in [3.8, 4) is 11.5 Å². The van der Waals surface area contributed by atoms with Crippen LogP contribution in [-0.4, -0.2) is 15.0 Å². The minimum absolute atomic E-state index is 0.0763. The molecule has 27 heavy (non-hydrogen) atoms. The van der Waals surface area contributed by atoms with E-state index in [4.69, 9.17) is 0 Å². The van der Waals surface area contributed by atoms with Crippen LogP contribution in [0.1, 0.15) is 16.7 Å². The number of H-pyrrole nitrogens is 1. The second-order valence-electron chi connectivity index (χ2n) is 5.43. The highest BCUT2D eigenvalue weighted by molar-refractivity contribution is 5.83. The van der Waals surface area contributed by atoms with Crippen molar-refractivity contribution in [2.75, 3.05) is 0 Å². The summed E-state index contributed by atoms with van der Waals surface area (Å²) in [5, 5.41) is 0. The topological polar surface area (TPSA) is 41.6 Å². The molecule has 144 valence electrons. The van der Waals surface area contributed by atoms with Gasteiger partial charge in [0.05, 0.1) is 22.2 Å². The molecule has 0 atom stereocenters. The largest absolute Gasteiger partial charge is 0.418 e. The van der Waals surface area contributed by atoms with E-state index in [1.54, 1.807) is 0 Å². The number of aromatic nitrogens is 3. The number of aromatic amines is 1. The van der Waals surface area contributed by atoms with Gasteiger partial charge in [-0.25, -0.2) is 4.98 Å². The van der Waals surface area contributed by atoms with Gasteiger partial charge in [-0.15, -0.1) is 0 Å². The lowest BCUT2D eigenvalue weighted by atomic mass is 10.1. The molecule has 0 aliphatic rings. The van der Waals surface area contributed by atoms with E-state index in [1.807, 2.05) is 0 Å². The van der Waals surface area contributed by atoms with Gasteiger partial charge in [-0.05, 0) is 24.3 Å². The summed E-state index contributed by atoms with van der Waals surface area (Å²) >= 11 is 0. The minimum atomic E-state index is -5.13. The quantitative estimate of drug-likeness (QED) is 0.535. The van der Waals surface area contributed by atoms with Crippen LogP contribution in [0, 0.1) is 0 Å². The fraction of sp³-hybridized carbons (Fsp3) is 0.200. The Kier molecular flexibility index (Phi) is 4.12. The summed E-state index contributed by atoms with van der Waals surface area (Å²) in [4.78, 5) is 9.27. The van der Waals surface area contributed by atoms with Crippen LogP contribution in [0.25, 0.3) is 22.6 Å². The second-order valence-corrected chi connectivity index (χ2v) is 5.43. The Bertz CT molecular complexity index is 979. The predicted octanol–water partition coefficient (Wildman–Crippen LogP) is 5.68. The maximum absolute atomic E-state index is 13.1. The highest BCUT2D eigenvalue weighted by atomic mass is 19.4. The number of benzene rings is 1. The smallest absolute Gasteiger partial charge is 0.337 e. The number of halogens is 9. The first kappa shape index (κ1) is 19.0. The molecule has 3 nitrogen and oxygen atoms in total. The van der Waals surface area contributed by atoms with Crippen LogP contribution in [0.4, 0.5) is 39.5 Å². The molecular formula is C15H6F9N3. The van der Waals surface area contributed by atoms with Gasteiger partial charge in [0.25, 0.3) is 0 Å². The summed E-state index contributed by atoms with van der Waals surface area (Å²) < 4.78 is 116. The van der Waals surface area contributed by atoms with Gasteiger partial charge in [0, 0.05) is 6.20 Å². The van der Waals surface area contributed by atoms with Crippen LogP contribution >= 0.6 is 0 Å². The maximum Gasteiger partial charge on any atom is 0.418 e. The number of pyridine rings is 1. The maximum atomic E-state index is 13.1. The van der Waals surface area contributed by atoms with Crippen LogP contribution < -0.4 is 0 Å². The standard InChI is InChI=1S/C15H6F9N3/c16-13(17,18)6-1-2-9(25-5-6)12-26-10-4-7(14(19,20)21)3-8(11(10)27-12)15(22,23)24/h1-5H,(H,26,27). The first-order valence-corrected chi connectivity index (χ1v) is 6.98. The molecule has 1 aromatic carbocycles. The highest BCUT2D eigenvalue weighted by Crippen LogP contribution is 2.40. The lowest BCUT2D eigenvalue weighted by Gasteiger charge is -2.11. The Labute approximate surface area is 143 Å². The molecule has 2 aromatic heterocycles. The van der Waals surface area contributed by atoms with E-state index in [0.717, 1.165) is 6.07 Å². The van der Waals surface area contributed by atoms with Crippen molar-refractivity contribution in [1.82, 2.24) is 15.0 Å². The van der Waals surface area contributed by atoms with E-state index in [2.05, 4.69) is 15.0 Å². The van der Waals surface area contributed by atoms with Gasteiger partial charge in [-0.3, -0.25) is 4.98 Å². The molecule has 0 aliphatic heterocycles. The molecule has 0 bridgehead atoms. The van der Waals surface area contributed by atoms with Gasteiger partial charge < -0.3 is 4.98 Å². The van der Waals surface area contributed by atoms with Gasteiger partial charge in [0.2, 0.25) is 0 Å². The molecule has 0 saturated heterocycles. The van der Waals surface area contributed by atoms with Crippen molar-refractivity contribution in [3.63, 3.8) is 0 Å². The molecule has 2 heterocycles. The zero-order valence-corrected chi connectivity index (χ0v) is 12.7. The normalized spacial score (nSPS) is 13.4. The molecule has 0 saturated carbocycles. The van der Waals surface area contributed by atoms with E-state index in [0.29, 0.717) is 18.3 Å². The van der Waals surface area contributed by atoms with Crippen molar-refractivity contribution in [3.05, 3.63) is 47.2 Å². The van der Waals surface area contributed by atoms with Gasteiger partial charge >= 0.3 is 18.5 Å². The molecule has 3 rings (SSSR count).